The number of carboxylic acid groups (broad SMARTS) is 1. The fourth-order valence-corrected chi connectivity index (χ4v) is 1.73. The Kier molecular flexibility index (Phi) is 5.18. The molecule has 1 aromatic heterocycles. The molecule has 0 aliphatic carbocycles. The fourth-order valence-electron chi connectivity index (χ4n) is 1.51. The number of aliphatic hydroxyl groups excluding tert-OH is 1. The monoisotopic (exact) mass is 274 g/mol. The molecule has 6 nitrogen and oxygen atoms in total. The molecule has 0 fully saturated rings. The van der Waals surface area contributed by atoms with E-state index in [-0.39, 0.29) is 5.69 Å². The van der Waals surface area contributed by atoms with Gasteiger partial charge in [0.1, 0.15) is 5.69 Å². The van der Waals surface area contributed by atoms with E-state index in [0.717, 1.165) is 6.42 Å². The zero-order valence-electron chi connectivity index (χ0n) is 9.89. The van der Waals surface area contributed by atoms with Crippen molar-refractivity contribution in [3.63, 3.8) is 0 Å². The van der Waals surface area contributed by atoms with Crippen LogP contribution in [0, 0.1) is 0 Å². The van der Waals surface area contributed by atoms with Crippen LogP contribution in [0.5, 0.6) is 0 Å². The number of nitrogens with zero attached hydrogens (tertiary/aromatic N) is 1. The predicted molar refractivity (Wildman–Crippen MR) is 65.7 cm³/mol. The van der Waals surface area contributed by atoms with Crippen molar-refractivity contribution in [3.8, 4) is 0 Å². The molecule has 1 heterocycles. The highest BCUT2D eigenvalue weighted by Crippen LogP contribution is 2.14. The second-order valence-corrected chi connectivity index (χ2v) is 4.22. The Hall–Kier alpha value is -1.53. The van der Waals surface area contributed by atoms with Crippen LogP contribution in [0.4, 0.5) is 0 Å². The molecular formula is C11H15ClN2O4. The van der Waals surface area contributed by atoms with Crippen molar-refractivity contribution in [1.82, 2.24) is 9.88 Å². The summed E-state index contributed by atoms with van der Waals surface area (Å²) in [5, 5.41) is 20.2. The summed E-state index contributed by atoms with van der Waals surface area (Å²) in [7, 11) is 0. The molecular weight excluding hydrogens is 260 g/mol. The number of carbonyl (C=O) groups excluding carboxylic acids is 1. The smallest absolute Gasteiger partial charge is 0.328 e. The van der Waals surface area contributed by atoms with Gasteiger partial charge in [-0.3, -0.25) is 4.79 Å². The number of carboxylic acids is 1. The summed E-state index contributed by atoms with van der Waals surface area (Å²) < 4.78 is 1.65. The third-order valence-corrected chi connectivity index (χ3v) is 2.55. The molecule has 18 heavy (non-hydrogen) atoms. The molecule has 0 unspecified atom stereocenters. The number of halogens is 1. The maximum atomic E-state index is 11.9. The van der Waals surface area contributed by atoms with E-state index >= 15 is 0 Å². The van der Waals surface area contributed by atoms with Crippen LogP contribution >= 0.6 is 11.6 Å². The summed E-state index contributed by atoms with van der Waals surface area (Å²) in [5.74, 6) is -1.86. The lowest BCUT2D eigenvalue weighted by Crippen LogP contribution is -2.43. The van der Waals surface area contributed by atoms with Crippen molar-refractivity contribution >= 4 is 23.5 Å². The van der Waals surface area contributed by atoms with Crippen molar-refractivity contribution in [1.29, 1.82) is 0 Å². The molecule has 1 aromatic rings. The minimum atomic E-state index is -1.32. The minimum Gasteiger partial charge on any atom is -0.480 e. The van der Waals surface area contributed by atoms with Gasteiger partial charge in [-0.2, -0.15) is 0 Å². The highest BCUT2D eigenvalue weighted by molar-refractivity contribution is 6.31. The lowest BCUT2D eigenvalue weighted by Gasteiger charge is -2.13. The van der Waals surface area contributed by atoms with Crippen LogP contribution in [0.2, 0.25) is 5.02 Å². The Balaban J connectivity index is 2.86. The van der Waals surface area contributed by atoms with Crippen molar-refractivity contribution in [2.24, 2.45) is 0 Å². The number of carbonyl (C=O) groups is 2. The van der Waals surface area contributed by atoms with Gasteiger partial charge >= 0.3 is 5.97 Å². The molecule has 0 aliphatic heterocycles. The Morgan fingerprint density at radius 1 is 1.56 bits per heavy atom. The molecule has 0 aromatic carbocycles. The minimum absolute atomic E-state index is 0.279. The van der Waals surface area contributed by atoms with Gasteiger partial charge in [0, 0.05) is 12.7 Å². The van der Waals surface area contributed by atoms with Gasteiger partial charge in [-0.15, -0.1) is 0 Å². The molecule has 3 N–H and O–H groups in total. The van der Waals surface area contributed by atoms with E-state index in [2.05, 4.69) is 5.32 Å². The molecule has 100 valence electrons. The molecule has 0 saturated heterocycles. The summed E-state index contributed by atoms with van der Waals surface area (Å²) in [6, 6.07) is 0.143. The Morgan fingerprint density at radius 2 is 2.22 bits per heavy atom. The number of amides is 1. The zero-order chi connectivity index (χ0) is 13.7. The molecule has 0 bridgehead atoms. The lowest BCUT2D eigenvalue weighted by atomic mass is 10.3. The topological polar surface area (TPSA) is 91.6 Å². The fraction of sp³-hybridized carbons (Fsp3) is 0.455. The zero-order valence-corrected chi connectivity index (χ0v) is 10.6. The number of rotatable bonds is 6. The largest absolute Gasteiger partial charge is 0.480 e. The van der Waals surface area contributed by atoms with E-state index in [1.54, 1.807) is 10.8 Å². The van der Waals surface area contributed by atoms with E-state index in [1.807, 2.05) is 6.92 Å². The van der Waals surface area contributed by atoms with Gasteiger partial charge in [0.15, 0.2) is 6.04 Å². The average molecular weight is 275 g/mol. The molecule has 0 aliphatic rings. The van der Waals surface area contributed by atoms with E-state index in [1.165, 1.54) is 6.07 Å². The molecule has 1 atom stereocenters. The normalized spacial score (nSPS) is 12.2. The highest BCUT2D eigenvalue weighted by Gasteiger charge is 2.21. The maximum absolute atomic E-state index is 11.9. The number of hydrogen-bond donors (Lipinski definition) is 3. The SMILES string of the molecule is CCCn1cc(Cl)cc1C(=O)N[C@@H](CO)C(=O)O. The van der Waals surface area contributed by atoms with Crippen LogP contribution in [0.25, 0.3) is 0 Å². The van der Waals surface area contributed by atoms with E-state index < -0.39 is 24.5 Å². The summed E-state index contributed by atoms with van der Waals surface area (Å²) in [6.45, 7) is 1.89. The highest BCUT2D eigenvalue weighted by atomic mass is 35.5. The first-order valence-corrected chi connectivity index (χ1v) is 5.87. The van der Waals surface area contributed by atoms with Gasteiger partial charge in [-0.1, -0.05) is 18.5 Å². The van der Waals surface area contributed by atoms with Crippen LogP contribution in [0.1, 0.15) is 23.8 Å². The third-order valence-electron chi connectivity index (χ3n) is 2.35. The van der Waals surface area contributed by atoms with Crippen LogP contribution in [-0.2, 0) is 11.3 Å². The summed E-state index contributed by atoms with van der Waals surface area (Å²) in [5.41, 5.74) is 0.279. The van der Waals surface area contributed by atoms with Crippen LogP contribution in [0.15, 0.2) is 12.3 Å². The molecule has 0 radical (unpaired) electrons. The molecule has 1 amide bonds. The van der Waals surface area contributed by atoms with Crippen molar-refractivity contribution in [2.45, 2.75) is 25.9 Å². The number of aryl methyl sites for hydroxylation is 1. The summed E-state index contributed by atoms with van der Waals surface area (Å²) in [4.78, 5) is 22.6. The number of hydrogen-bond acceptors (Lipinski definition) is 3. The Labute approximate surface area is 109 Å². The van der Waals surface area contributed by atoms with Crippen molar-refractivity contribution in [2.75, 3.05) is 6.61 Å². The first-order valence-electron chi connectivity index (χ1n) is 5.49. The van der Waals surface area contributed by atoms with Gasteiger partial charge in [0.25, 0.3) is 5.91 Å². The van der Waals surface area contributed by atoms with Crippen LogP contribution in [0.3, 0.4) is 0 Å². The Bertz CT molecular complexity index is 444. The molecule has 0 spiro atoms. The quantitative estimate of drug-likeness (QED) is 0.713. The first kappa shape index (κ1) is 14.5. The molecule has 0 saturated carbocycles. The van der Waals surface area contributed by atoms with Crippen molar-refractivity contribution in [3.05, 3.63) is 23.0 Å². The van der Waals surface area contributed by atoms with Gasteiger partial charge < -0.3 is 20.1 Å². The summed E-state index contributed by atoms with van der Waals surface area (Å²) >= 11 is 5.81. The summed E-state index contributed by atoms with van der Waals surface area (Å²) in [6.07, 6.45) is 2.42. The van der Waals surface area contributed by atoms with Crippen LogP contribution in [-0.4, -0.2) is 39.3 Å². The van der Waals surface area contributed by atoms with Crippen LogP contribution < -0.4 is 5.32 Å². The van der Waals surface area contributed by atoms with Gasteiger partial charge in [0.2, 0.25) is 0 Å². The van der Waals surface area contributed by atoms with Gasteiger partial charge in [0.05, 0.1) is 11.6 Å². The van der Waals surface area contributed by atoms with Gasteiger partial charge in [-0.25, -0.2) is 4.79 Å². The van der Waals surface area contributed by atoms with Crippen molar-refractivity contribution < 1.29 is 19.8 Å². The number of aliphatic hydroxyl groups is 1. The van der Waals surface area contributed by atoms with Gasteiger partial charge in [-0.05, 0) is 12.5 Å². The number of aliphatic carboxylic acids is 1. The second kappa shape index (κ2) is 6.42. The lowest BCUT2D eigenvalue weighted by molar-refractivity contribution is -0.140. The molecule has 1 rings (SSSR count). The van der Waals surface area contributed by atoms with E-state index in [9.17, 15) is 9.59 Å². The average Bonchev–Trinajstić information content (AvgIpc) is 2.67. The standard InChI is InChI=1S/C11H15ClN2O4/c1-2-3-14-5-7(12)4-9(14)10(16)13-8(6-15)11(17)18/h4-5,8,15H,2-3,6H2,1H3,(H,13,16)(H,17,18)/t8-/m0/s1. The second-order valence-electron chi connectivity index (χ2n) is 3.78. The number of nitrogens with one attached hydrogen (secondary N) is 1. The van der Waals surface area contributed by atoms with E-state index in [4.69, 9.17) is 21.8 Å². The predicted octanol–water partition coefficient (Wildman–Crippen LogP) is 0.727. The third kappa shape index (κ3) is 3.48. The Morgan fingerprint density at radius 3 is 2.72 bits per heavy atom. The first-order chi connectivity index (χ1) is 8.49. The van der Waals surface area contributed by atoms with E-state index in [0.29, 0.717) is 11.6 Å². The maximum Gasteiger partial charge on any atom is 0.328 e. The molecule has 7 heteroatoms. The number of aromatic nitrogens is 1.